The summed E-state index contributed by atoms with van der Waals surface area (Å²) >= 11 is 1.73. The number of thioether (sulfide) groups is 1. The number of anilines is 1. The van der Waals surface area contributed by atoms with Gasteiger partial charge in [0.25, 0.3) is 5.91 Å². The Morgan fingerprint density at radius 3 is 2.65 bits per heavy atom. The molecule has 0 atom stereocenters. The molecule has 1 aromatic heterocycles. The number of H-pyrrole nitrogens is 1. The monoisotopic (exact) mass is 465 g/mol. The Hall–Kier alpha value is -2.34. The van der Waals surface area contributed by atoms with Crippen molar-refractivity contribution in [1.29, 1.82) is 0 Å². The molecule has 168 valence electrons. The fraction of sp³-hybridized carbons (Fsp3) is 0.400. The molecular formula is C20H27N5O4S2. The zero-order chi connectivity index (χ0) is 22.4. The Bertz CT molecular complexity index is 1030. The molecule has 0 aliphatic carbocycles. The van der Waals surface area contributed by atoms with Gasteiger partial charge < -0.3 is 20.5 Å². The number of rotatable bonds is 8. The predicted molar refractivity (Wildman–Crippen MR) is 122 cm³/mol. The van der Waals surface area contributed by atoms with Crippen molar-refractivity contribution in [1.82, 2.24) is 19.5 Å². The van der Waals surface area contributed by atoms with Crippen LogP contribution in [0.3, 0.4) is 0 Å². The zero-order valence-corrected chi connectivity index (χ0v) is 19.2. The Morgan fingerprint density at radius 1 is 1.19 bits per heavy atom. The Kier molecular flexibility index (Phi) is 7.76. The summed E-state index contributed by atoms with van der Waals surface area (Å²) in [6.45, 7) is 1.46. The smallest absolute Gasteiger partial charge is 0.268 e. The van der Waals surface area contributed by atoms with E-state index in [0.29, 0.717) is 18.8 Å². The van der Waals surface area contributed by atoms with E-state index < -0.39 is 15.9 Å². The van der Waals surface area contributed by atoms with E-state index in [9.17, 15) is 18.0 Å². The summed E-state index contributed by atoms with van der Waals surface area (Å²) in [6.07, 6.45) is 1.35. The molecule has 1 aromatic carbocycles. The first kappa shape index (κ1) is 23.3. The third-order valence-electron chi connectivity index (χ3n) is 4.63. The lowest BCUT2D eigenvalue weighted by atomic mass is 10.2. The predicted octanol–water partition coefficient (Wildman–Crippen LogP) is 1.18. The minimum absolute atomic E-state index is 0.0927. The normalized spacial score (nSPS) is 15.1. The molecule has 3 rings (SSSR count). The van der Waals surface area contributed by atoms with Gasteiger partial charge >= 0.3 is 0 Å². The van der Waals surface area contributed by atoms with E-state index in [1.54, 1.807) is 34.9 Å². The molecule has 0 unspecified atom stereocenters. The molecule has 2 aromatic rings. The highest BCUT2D eigenvalue weighted by Gasteiger charge is 2.27. The van der Waals surface area contributed by atoms with Crippen LogP contribution in [0.5, 0.6) is 0 Å². The number of nitrogens with one attached hydrogen (secondary N) is 3. The van der Waals surface area contributed by atoms with Gasteiger partial charge in [0.15, 0.2) is 0 Å². The standard InChI is InChI=1S/C20H27N5O4S2/c1-24(2)14-19(26)23-16-5-3-4-15(10-16)12-22-20(27)18-11-17(13-21-18)31(28,29)25-6-8-30-9-7-25/h3-5,10-11,13,21H,6-9,12,14H2,1-2H3,(H,22,27)(H,23,26). The Labute approximate surface area is 186 Å². The maximum atomic E-state index is 12.7. The second-order valence-corrected chi connectivity index (χ2v) is 10.6. The van der Waals surface area contributed by atoms with Crippen LogP contribution in [-0.2, 0) is 21.4 Å². The second-order valence-electron chi connectivity index (χ2n) is 7.43. The van der Waals surface area contributed by atoms with Gasteiger partial charge in [0, 0.05) is 43.0 Å². The molecular weight excluding hydrogens is 438 g/mol. The molecule has 0 spiro atoms. The van der Waals surface area contributed by atoms with Crippen molar-refractivity contribution in [2.45, 2.75) is 11.4 Å². The topological polar surface area (TPSA) is 115 Å². The van der Waals surface area contributed by atoms with Crippen LogP contribution in [0.1, 0.15) is 16.1 Å². The summed E-state index contributed by atoms with van der Waals surface area (Å²) in [5.41, 5.74) is 1.63. The van der Waals surface area contributed by atoms with Crippen LogP contribution >= 0.6 is 11.8 Å². The molecule has 3 N–H and O–H groups in total. The van der Waals surface area contributed by atoms with E-state index >= 15 is 0 Å². The van der Waals surface area contributed by atoms with Gasteiger partial charge in [-0.05, 0) is 37.9 Å². The summed E-state index contributed by atoms with van der Waals surface area (Å²) in [4.78, 5) is 29.0. The number of carbonyl (C=O) groups excluding carboxylic acids is 2. The van der Waals surface area contributed by atoms with Crippen LogP contribution in [0.2, 0.25) is 0 Å². The lowest BCUT2D eigenvalue weighted by molar-refractivity contribution is -0.116. The molecule has 0 radical (unpaired) electrons. The van der Waals surface area contributed by atoms with Crippen molar-refractivity contribution in [3.8, 4) is 0 Å². The second kappa shape index (κ2) is 10.3. The van der Waals surface area contributed by atoms with Gasteiger partial charge in [0.1, 0.15) is 10.6 Å². The lowest BCUT2D eigenvalue weighted by Crippen LogP contribution is -2.37. The lowest BCUT2D eigenvalue weighted by Gasteiger charge is -2.24. The first-order chi connectivity index (χ1) is 14.8. The van der Waals surface area contributed by atoms with E-state index in [-0.39, 0.29) is 29.6 Å². The molecule has 31 heavy (non-hydrogen) atoms. The van der Waals surface area contributed by atoms with E-state index in [1.165, 1.54) is 16.6 Å². The molecule has 1 aliphatic heterocycles. The number of sulfonamides is 1. The summed E-state index contributed by atoms with van der Waals surface area (Å²) < 4.78 is 26.9. The van der Waals surface area contributed by atoms with Crippen LogP contribution in [0, 0.1) is 0 Å². The molecule has 1 aliphatic rings. The van der Waals surface area contributed by atoms with Gasteiger partial charge in [0.05, 0.1) is 6.54 Å². The first-order valence-electron chi connectivity index (χ1n) is 9.84. The summed E-state index contributed by atoms with van der Waals surface area (Å²) in [5, 5.41) is 5.58. The number of amides is 2. The molecule has 0 saturated carbocycles. The molecule has 2 heterocycles. The van der Waals surface area contributed by atoms with Crippen LogP contribution in [0.4, 0.5) is 5.69 Å². The third kappa shape index (κ3) is 6.33. The average molecular weight is 466 g/mol. The average Bonchev–Trinajstić information content (AvgIpc) is 3.23. The van der Waals surface area contributed by atoms with Crippen LogP contribution in [0.25, 0.3) is 0 Å². The van der Waals surface area contributed by atoms with Crippen molar-refractivity contribution in [3.63, 3.8) is 0 Å². The number of likely N-dealkylation sites (N-methyl/N-ethyl adjacent to an activating group) is 1. The highest BCUT2D eigenvalue weighted by atomic mass is 32.2. The molecule has 1 fully saturated rings. The molecule has 0 bridgehead atoms. The zero-order valence-electron chi connectivity index (χ0n) is 17.6. The van der Waals surface area contributed by atoms with E-state index in [2.05, 4.69) is 15.6 Å². The van der Waals surface area contributed by atoms with Crippen LogP contribution in [-0.4, -0.2) is 79.7 Å². The van der Waals surface area contributed by atoms with E-state index in [4.69, 9.17) is 0 Å². The van der Waals surface area contributed by atoms with Crippen molar-refractivity contribution in [2.75, 3.05) is 50.6 Å². The van der Waals surface area contributed by atoms with E-state index in [1.807, 2.05) is 20.2 Å². The first-order valence-corrected chi connectivity index (χ1v) is 12.4. The van der Waals surface area contributed by atoms with Crippen molar-refractivity contribution in [3.05, 3.63) is 47.8 Å². The maximum Gasteiger partial charge on any atom is 0.268 e. The largest absolute Gasteiger partial charge is 0.356 e. The highest BCUT2D eigenvalue weighted by molar-refractivity contribution is 7.99. The van der Waals surface area contributed by atoms with E-state index in [0.717, 1.165) is 17.1 Å². The maximum absolute atomic E-state index is 12.7. The van der Waals surface area contributed by atoms with Crippen LogP contribution in [0.15, 0.2) is 41.4 Å². The molecule has 11 heteroatoms. The van der Waals surface area contributed by atoms with Gasteiger partial charge in [-0.25, -0.2) is 8.42 Å². The summed E-state index contributed by atoms with van der Waals surface area (Å²) in [5.74, 6) is 1.01. The molecule has 1 saturated heterocycles. The SMILES string of the molecule is CN(C)CC(=O)Nc1cccc(CNC(=O)c2cc(S(=O)(=O)N3CCSCC3)c[nH]2)c1. The summed E-state index contributed by atoms with van der Waals surface area (Å²) in [6, 6.07) is 8.56. The van der Waals surface area contributed by atoms with Crippen molar-refractivity contribution < 1.29 is 18.0 Å². The number of benzene rings is 1. The van der Waals surface area contributed by atoms with Crippen molar-refractivity contribution >= 4 is 39.3 Å². The summed E-state index contributed by atoms with van der Waals surface area (Å²) in [7, 11) is 0.0251. The fourth-order valence-corrected chi connectivity index (χ4v) is 5.69. The fourth-order valence-electron chi connectivity index (χ4n) is 3.11. The minimum Gasteiger partial charge on any atom is -0.356 e. The number of aromatic nitrogens is 1. The van der Waals surface area contributed by atoms with Gasteiger partial charge in [-0.3, -0.25) is 9.59 Å². The Morgan fingerprint density at radius 2 is 1.94 bits per heavy atom. The number of nitrogens with zero attached hydrogens (tertiary/aromatic N) is 2. The van der Waals surface area contributed by atoms with Gasteiger partial charge in [-0.1, -0.05) is 12.1 Å². The molecule has 2 amide bonds. The Balaban J connectivity index is 1.59. The third-order valence-corrected chi connectivity index (χ3v) is 7.45. The van der Waals surface area contributed by atoms with Crippen molar-refractivity contribution in [2.24, 2.45) is 0 Å². The molecule has 9 nitrogen and oxygen atoms in total. The van der Waals surface area contributed by atoms with Gasteiger partial charge in [-0.2, -0.15) is 16.1 Å². The highest BCUT2D eigenvalue weighted by Crippen LogP contribution is 2.21. The quantitative estimate of drug-likeness (QED) is 0.539. The number of hydrogen-bond donors (Lipinski definition) is 3. The van der Waals surface area contributed by atoms with Crippen LogP contribution < -0.4 is 10.6 Å². The number of carbonyl (C=O) groups is 2. The minimum atomic E-state index is -3.60. The number of aromatic amines is 1. The van der Waals surface area contributed by atoms with Gasteiger partial charge in [-0.15, -0.1) is 0 Å². The number of hydrogen-bond acceptors (Lipinski definition) is 6. The van der Waals surface area contributed by atoms with Gasteiger partial charge in [0.2, 0.25) is 15.9 Å².